The first-order valence-corrected chi connectivity index (χ1v) is 11.7. The number of rotatable bonds is 9. The average molecular weight is 437 g/mol. The van der Waals surface area contributed by atoms with Crippen LogP contribution in [0.25, 0.3) is 11.4 Å². The second kappa shape index (κ2) is 10.1. The van der Waals surface area contributed by atoms with Crippen LogP contribution in [0.2, 0.25) is 0 Å². The molecule has 1 aliphatic heterocycles. The third-order valence-electron chi connectivity index (χ3n) is 4.92. The number of aryl methyl sites for hydroxylation is 1. The van der Waals surface area contributed by atoms with Crippen LogP contribution < -0.4 is 5.32 Å². The van der Waals surface area contributed by atoms with E-state index < -0.39 is 10.0 Å². The first-order valence-electron chi connectivity index (χ1n) is 10.1. The molecule has 0 saturated carbocycles. The van der Waals surface area contributed by atoms with Crippen LogP contribution in [0.4, 0.5) is 0 Å². The largest absolute Gasteiger partial charge is 0.379 e. The zero-order chi connectivity index (χ0) is 21.6. The molecule has 1 N–H and O–H groups in total. The summed E-state index contributed by atoms with van der Waals surface area (Å²) in [7, 11) is -3.38. The highest BCUT2D eigenvalue weighted by molar-refractivity contribution is 7.89. The molecule has 2 heterocycles. The lowest BCUT2D eigenvalue weighted by atomic mass is 10.0. The van der Waals surface area contributed by atoms with Gasteiger partial charge in [0, 0.05) is 38.0 Å². The van der Waals surface area contributed by atoms with Gasteiger partial charge < -0.3 is 14.6 Å². The van der Waals surface area contributed by atoms with Crippen molar-refractivity contribution >= 4 is 15.9 Å². The highest BCUT2D eigenvalue weighted by Crippen LogP contribution is 2.20. The van der Waals surface area contributed by atoms with Crippen molar-refractivity contribution in [3.05, 3.63) is 35.7 Å². The number of nitrogens with zero attached hydrogens (tertiary/aromatic N) is 3. The van der Waals surface area contributed by atoms with E-state index in [0.29, 0.717) is 50.4 Å². The van der Waals surface area contributed by atoms with Gasteiger partial charge in [-0.1, -0.05) is 43.3 Å². The van der Waals surface area contributed by atoms with Crippen molar-refractivity contribution in [3.63, 3.8) is 0 Å². The molecule has 1 fully saturated rings. The fourth-order valence-corrected chi connectivity index (χ4v) is 4.40. The van der Waals surface area contributed by atoms with Crippen molar-refractivity contribution < 1.29 is 22.5 Å². The van der Waals surface area contributed by atoms with Gasteiger partial charge in [-0.25, -0.2) is 8.42 Å². The number of nitrogens with one attached hydrogen (secondary N) is 1. The van der Waals surface area contributed by atoms with Crippen LogP contribution in [-0.2, 0) is 26.0 Å². The summed E-state index contributed by atoms with van der Waals surface area (Å²) in [6, 6.07) is 7.97. The number of carbonyl (C=O) groups is 1. The smallest absolute Gasteiger partial charge is 0.227 e. The lowest BCUT2D eigenvalue weighted by Crippen LogP contribution is -2.43. The maximum atomic E-state index is 12.2. The van der Waals surface area contributed by atoms with Crippen molar-refractivity contribution in [2.45, 2.75) is 32.6 Å². The van der Waals surface area contributed by atoms with Crippen LogP contribution in [0.1, 0.15) is 37.6 Å². The van der Waals surface area contributed by atoms with E-state index in [4.69, 9.17) is 9.26 Å². The zero-order valence-corrected chi connectivity index (χ0v) is 18.2. The van der Waals surface area contributed by atoms with Crippen molar-refractivity contribution in [2.75, 3.05) is 38.6 Å². The van der Waals surface area contributed by atoms with Crippen molar-refractivity contribution in [2.24, 2.45) is 0 Å². The number of carbonyl (C=O) groups excluding carboxylic acids is 1. The Kier molecular flexibility index (Phi) is 7.57. The van der Waals surface area contributed by atoms with Crippen molar-refractivity contribution in [3.8, 4) is 11.4 Å². The van der Waals surface area contributed by atoms with E-state index >= 15 is 0 Å². The second-order valence-electron chi connectivity index (χ2n) is 7.47. The average Bonchev–Trinajstić information content (AvgIpc) is 3.22. The summed E-state index contributed by atoms with van der Waals surface area (Å²) in [6.07, 6.45) is 0.435. The maximum absolute atomic E-state index is 12.2. The molecule has 0 atom stereocenters. The van der Waals surface area contributed by atoms with Gasteiger partial charge in [0.25, 0.3) is 0 Å². The Balaban J connectivity index is 1.43. The molecule has 0 unspecified atom stereocenters. The fraction of sp³-hybridized carbons (Fsp3) is 0.550. The van der Waals surface area contributed by atoms with E-state index in [9.17, 15) is 13.2 Å². The van der Waals surface area contributed by atoms with Gasteiger partial charge in [0.05, 0.1) is 19.0 Å². The van der Waals surface area contributed by atoms with Gasteiger partial charge in [-0.2, -0.15) is 9.29 Å². The normalized spacial score (nSPS) is 15.4. The molecule has 2 aromatic rings. The van der Waals surface area contributed by atoms with Crippen molar-refractivity contribution in [1.82, 2.24) is 19.8 Å². The number of hydrogen-bond donors (Lipinski definition) is 1. The Bertz CT molecular complexity index is 934. The minimum absolute atomic E-state index is 0.0653. The molecule has 1 amide bonds. The van der Waals surface area contributed by atoms with Crippen LogP contribution in [-0.4, -0.2) is 67.4 Å². The Morgan fingerprint density at radius 3 is 2.57 bits per heavy atom. The van der Waals surface area contributed by atoms with Gasteiger partial charge in [-0.05, 0) is 11.5 Å². The van der Waals surface area contributed by atoms with Gasteiger partial charge in [-0.15, -0.1) is 0 Å². The van der Waals surface area contributed by atoms with Gasteiger partial charge in [0.1, 0.15) is 0 Å². The minimum Gasteiger partial charge on any atom is -0.379 e. The summed E-state index contributed by atoms with van der Waals surface area (Å²) in [5.74, 6) is 0.914. The molecule has 3 rings (SSSR count). The van der Waals surface area contributed by atoms with Gasteiger partial charge >= 0.3 is 0 Å². The third-order valence-corrected chi connectivity index (χ3v) is 6.79. The molecule has 9 nitrogen and oxygen atoms in total. The molecule has 0 radical (unpaired) electrons. The standard InChI is InChI=1S/C20H28N4O5S/c1-15(2)16-3-5-17(6-4-16)20-22-19(29-23-20)8-7-18(25)21-9-14-30(26,27)24-10-12-28-13-11-24/h3-6,15H,7-14H2,1-2H3,(H,21,25). The molecule has 164 valence electrons. The molecule has 0 aliphatic carbocycles. The molecule has 1 aromatic carbocycles. The van der Waals surface area contributed by atoms with Crippen LogP contribution in [0.15, 0.2) is 28.8 Å². The first kappa shape index (κ1) is 22.4. The molecule has 1 aliphatic rings. The van der Waals surface area contributed by atoms with Crippen LogP contribution >= 0.6 is 0 Å². The quantitative estimate of drug-likeness (QED) is 0.634. The SMILES string of the molecule is CC(C)c1ccc(-c2noc(CCC(=O)NCCS(=O)(=O)N3CCOCC3)n2)cc1. The van der Waals surface area contributed by atoms with E-state index in [0.717, 1.165) is 5.56 Å². The Labute approximate surface area is 176 Å². The summed E-state index contributed by atoms with van der Waals surface area (Å²) in [4.78, 5) is 16.4. The second-order valence-corrected chi connectivity index (χ2v) is 9.55. The van der Waals surface area contributed by atoms with E-state index in [1.807, 2.05) is 24.3 Å². The predicted octanol–water partition coefficient (Wildman–Crippen LogP) is 1.57. The molecule has 0 spiro atoms. The van der Waals surface area contributed by atoms with E-state index in [1.54, 1.807) is 0 Å². The summed E-state index contributed by atoms with van der Waals surface area (Å²) in [5.41, 5.74) is 2.09. The summed E-state index contributed by atoms with van der Waals surface area (Å²) in [6.45, 7) is 5.84. The number of hydrogen-bond acceptors (Lipinski definition) is 7. The molecule has 10 heteroatoms. The molecular formula is C20H28N4O5S. The number of benzene rings is 1. The molecule has 30 heavy (non-hydrogen) atoms. The van der Waals surface area contributed by atoms with Crippen LogP contribution in [0.5, 0.6) is 0 Å². The number of sulfonamides is 1. The fourth-order valence-electron chi connectivity index (χ4n) is 3.07. The van der Waals surface area contributed by atoms with Gasteiger partial charge in [-0.3, -0.25) is 4.79 Å². The summed E-state index contributed by atoms with van der Waals surface area (Å²) in [5, 5.41) is 6.61. The third kappa shape index (κ3) is 6.10. The van der Waals surface area contributed by atoms with Crippen molar-refractivity contribution in [1.29, 1.82) is 0 Å². The molecule has 0 bridgehead atoms. The monoisotopic (exact) mass is 436 g/mol. The zero-order valence-electron chi connectivity index (χ0n) is 17.3. The highest BCUT2D eigenvalue weighted by Gasteiger charge is 2.24. The van der Waals surface area contributed by atoms with E-state index in [-0.39, 0.29) is 24.6 Å². The van der Waals surface area contributed by atoms with E-state index in [2.05, 4.69) is 29.3 Å². The first-order chi connectivity index (χ1) is 14.3. The number of morpholine rings is 1. The highest BCUT2D eigenvalue weighted by atomic mass is 32.2. The van der Waals surface area contributed by atoms with Crippen LogP contribution in [0.3, 0.4) is 0 Å². The summed E-state index contributed by atoms with van der Waals surface area (Å²) < 4.78 is 36.2. The molecule has 1 aromatic heterocycles. The molecule has 1 saturated heterocycles. The lowest BCUT2D eigenvalue weighted by molar-refractivity contribution is -0.121. The van der Waals surface area contributed by atoms with E-state index in [1.165, 1.54) is 9.87 Å². The van der Waals surface area contributed by atoms with Crippen LogP contribution in [0, 0.1) is 0 Å². The Morgan fingerprint density at radius 1 is 1.20 bits per heavy atom. The number of ether oxygens (including phenoxy) is 1. The minimum atomic E-state index is -3.38. The maximum Gasteiger partial charge on any atom is 0.227 e. The summed E-state index contributed by atoms with van der Waals surface area (Å²) >= 11 is 0. The topological polar surface area (TPSA) is 115 Å². The number of amides is 1. The molecular weight excluding hydrogens is 408 g/mol. The van der Waals surface area contributed by atoms with Gasteiger partial charge in [0.15, 0.2) is 0 Å². The predicted molar refractivity (Wildman–Crippen MR) is 111 cm³/mol. The Morgan fingerprint density at radius 2 is 1.90 bits per heavy atom. The Hall–Kier alpha value is -2.30. The lowest BCUT2D eigenvalue weighted by Gasteiger charge is -2.26. The number of aromatic nitrogens is 2. The van der Waals surface area contributed by atoms with Gasteiger partial charge in [0.2, 0.25) is 27.6 Å².